The van der Waals surface area contributed by atoms with Gasteiger partial charge in [0, 0.05) is 30.1 Å². The molecule has 0 saturated carbocycles. The molecule has 334 valence electrons. The summed E-state index contributed by atoms with van der Waals surface area (Å²) in [6.07, 6.45) is 2.26. The summed E-state index contributed by atoms with van der Waals surface area (Å²) in [5.41, 5.74) is 0. The molecular weight excluding hydrogens is 743 g/mol. The van der Waals surface area contributed by atoms with Gasteiger partial charge >= 0.3 is 11.9 Å². The summed E-state index contributed by atoms with van der Waals surface area (Å²) in [6, 6.07) is -3.37. The van der Waals surface area contributed by atoms with Crippen LogP contribution in [-0.4, -0.2) is 83.9 Å². The molecule has 5 N–H and O–H groups in total. The molecule has 0 bridgehead atoms. The van der Waals surface area contributed by atoms with E-state index in [9.17, 15) is 33.6 Å². The van der Waals surface area contributed by atoms with Crippen molar-refractivity contribution in [3.8, 4) is 0 Å². The molecule has 1 aliphatic heterocycles. The number of rotatable bonds is 12. The highest BCUT2D eigenvalue weighted by molar-refractivity contribution is 5.90. The zero-order valence-corrected chi connectivity index (χ0v) is 38.1. The fourth-order valence-electron chi connectivity index (χ4n) is 7.26. The number of amides is 5. The van der Waals surface area contributed by atoms with Crippen LogP contribution in [0.1, 0.15) is 155 Å². The highest BCUT2D eigenvalue weighted by Gasteiger charge is 2.39. The largest absolute Gasteiger partial charge is 0.450 e. The minimum absolute atomic E-state index is 0.0591. The van der Waals surface area contributed by atoms with Crippen LogP contribution in [-0.2, 0) is 43.0 Å². The van der Waals surface area contributed by atoms with E-state index in [-0.39, 0.29) is 30.1 Å². The molecule has 11 atom stereocenters. The van der Waals surface area contributed by atoms with Gasteiger partial charge in [-0.3, -0.25) is 24.0 Å². The molecule has 1 fully saturated rings. The number of carbonyl (C=O) groups is 7. The third-order valence-corrected chi connectivity index (χ3v) is 11.3. The van der Waals surface area contributed by atoms with E-state index in [0.717, 1.165) is 0 Å². The standard InChI is InChI=1S/C44H79N5O9/c1-15-19-31-28(12)39(51)47-33(21-17-3)30(14)41(53)49-36(25(7)8)43(55)58-37(26(9)10)44(56)57-35(23-24(5)6)42(54)48-34(22-18-4)29(13)40(52)46-32(20-16-2)27(11)38(50)45-31/h24-37H,15-23H2,1-14H3,(H,45,50)(H,46,52)(H,47,51)(H,48,54)(H,49,53)/t27-,28-,29-,30-,31-,32-,33-,34-,35-,36-,37+/m1/s1. The maximum Gasteiger partial charge on any atom is 0.348 e. The van der Waals surface area contributed by atoms with Gasteiger partial charge in [0.2, 0.25) is 29.7 Å². The Balaban J connectivity index is 3.82. The lowest BCUT2D eigenvalue weighted by Crippen LogP contribution is -2.55. The van der Waals surface area contributed by atoms with Gasteiger partial charge in [-0.25, -0.2) is 9.59 Å². The van der Waals surface area contributed by atoms with Crippen LogP contribution in [0.3, 0.4) is 0 Å². The van der Waals surface area contributed by atoms with Crippen molar-refractivity contribution in [1.29, 1.82) is 0 Å². The van der Waals surface area contributed by atoms with E-state index in [1.54, 1.807) is 55.4 Å². The van der Waals surface area contributed by atoms with Gasteiger partial charge in [-0.1, -0.05) is 123 Å². The van der Waals surface area contributed by atoms with E-state index in [0.29, 0.717) is 51.4 Å². The van der Waals surface area contributed by atoms with Gasteiger partial charge in [0.05, 0.1) is 23.7 Å². The van der Waals surface area contributed by atoms with Crippen molar-refractivity contribution in [3.63, 3.8) is 0 Å². The summed E-state index contributed by atoms with van der Waals surface area (Å²) in [4.78, 5) is 96.9. The topological polar surface area (TPSA) is 198 Å². The van der Waals surface area contributed by atoms with E-state index >= 15 is 0 Å². The molecule has 1 aliphatic rings. The van der Waals surface area contributed by atoms with Gasteiger partial charge in [-0.15, -0.1) is 0 Å². The van der Waals surface area contributed by atoms with E-state index in [2.05, 4.69) is 26.6 Å². The number of carbonyl (C=O) groups excluding carboxylic acids is 7. The molecule has 1 heterocycles. The second-order valence-electron chi connectivity index (χ2n) is 17.7. The Morgan fingerprint density at radius 3 is 1.07 bits per heavy atom. The second-order valence-corrected chi connectivity index (χ2v) is 17.7. The smallest absolute Gasteiger partial charge is 0.348 e. The fourth-order valence-corrected chi connectivity index (χ4v) is 7.26. The first kappa shape index (κ1) is 52.3. The van der Waals surface area contributed by atoms with Gasteiger partial charge in [0.25, 0.3) is 5.91 Å². The Hall–Kier alpha value is -3.71. The van der Waals surface area contributed by atoms with Gasteiger partial charge in [-0.2, -0.15) is 0 Å². The molecule has 14 nitrogen and oxygen atoms in total. The average Bonchev–Trinajstić information content (AvgIpc) is 3.15. The first-order valence-corrected chi connectivity index (χ1v) is 22.1. The summed E-state index contributed by atoms with van der Waals surface area (Å²) >= 11 is 0. The third kappa shape index (κ3) is 16.2. The Bertz CT molecular complexity index is 1350. The Kier molecular flexibility index (Phi) is 23.2. The number of esters is 2. The Morgan fingerprint density at radius 1 is 0.448 bits per heavy atom. The van der Waals surface area contributed by atoms with Crippen molar-refractivity contribution in [3.05, 3.63) is 0 Å². The molecule has 0 aromatic rings. The van der Waals surface area contributed by atoms with Crippen molar-refractivity contribution in [2.75, 3.05) is 0 Å². The molecule has 0 aromatic carbocycles. The monoisotopic (exact) mass is 822 g/mol. The number of hydrogen-bond donors (Lipinski definition) is 5. The number of nitrogens with one attached hydrogen (secondary N) is 5. The Morgan fingerprint density at radius 2 is 0.776 bits per heavy atom. The van der Waals surface area contributed by atoms with E-state index in [1.165, 1.54) is 0 Å². The van der Waals surface area contributed by atoms with Gasteiger partial charge in [-0.05, 0) is 43.9 Å². The van der Waals surface area contributed by atoms with Crippen LogP contribution < -0.4 is 26.6 Å². The summed E-state index contributed by atoms with van der Waals surface area (Å²) in [5.74, 6) is -7.49. The van der Waals surface area contributed by atoms with Gasteiger partial charge in [0.1, 0.15) is 6.04 Å². The molecule has 58 heavy (non-hydrogen) atoms. The zero-order chi connectivity index (χ0) is 44.4. The van der Waals surface area contributed by atoms with Crippen LogP contribution >= 0.6 is 0 Å². The van der Waals surface area contributed by atoms with Crippen molar-refractivity contribution < 1.29 is 43.0 Å². The highest BCUT2D eigenvalue weighted by atomic mass is 16.6. The quantitative estimate of drug-likeness (QED) is 0.161. The fraction of sp³-hybridized carbons (Fsp3) is 0.841. The summed E-state index contributed by atoms with van der Waals surface area (Å²) < 4.78 is 11.6. The van der Waals surface area contributed by atoms with Crippen molar-refractivity contribution in [2.45, 2.75) is 197 Å². The molecule has 0 aliphatic carbocycles. The van der Waals surface area contributed by atoms with Crippen LogP contribution in [0.2, 0.25) is 0 Å². The number of cyclic esters (lactones) is 2. The van der Waals surface area contributed by atoms with Crippen LogP contribution in [0.4, 0.5) is 0 Å². The third-order valence-electron chi connectivity index (χ3n) is 11.3. The normalized spacial score (nSPS) is 31.0. The molecule has 1 rings (SSSR count). The van der Waals surface area contributed by atoms with Crippen LogP contribution in [0, 0.1) is 41.4 Å². The van der Waals surface area contributed by atoms with E-state index < -0.39 is 102 Å². The molecule has 0 unspecified atom stereocenters. The maximum absolute atomic E-state index is 13.9. The molecule has 1 saturated heterocycles. The van der Waals surface area contributed by atoms with Gasteiger partial charge in [0.15, 0.2) is 6.10 Å². The lowest BCUT2D eigenvalue weighted by atomic mass is 9.90. The average molecular weight is 822 g/mol. The maximum atomic E-state index is 13.9. The molecule has 5 amide bonds. The molecule has 14 heteroatoms. The van der Waals surface area contributed by atoms with Crippen molar-refractivity contribution in [2.24, 2.45) is 41.4 Å². The minimum Gasteiger partial charge on any atom is -0.450 e. The summed E-state index contributed by atoms with van der Waals surface area (Å²) in [5, 5.41) is 15.0. The highest BCUT2D eigenvalue weighted by Crippen LogP contribution is 2.21. The second kappa shape index (κ2) is 25.7. The predicted molar refractivity (Wildman–Crippen MR) is 225 cm³/mol. The molecule has 0 radical (unpaired) electrons. The lowest BCUT2D eigenvalue weighted by molar-refractivity contribution is -0.178. The van der Waals surface area contributed by atoms with E-state index in [4.69, 9.17) is 9.47 Å². The van der Waals surface area contributed by atoms with Crippen LogP contribution in [0.25, 0.3) is 0 Å². The van der Waals surface area contributed by atoms with Crippen molar-refractivity contribution in [1.82, 2.24) is 26.6 Å². The summed E-state index contributed by atoms with van der Waals surface area (Å²) in [6.45, 7) is 25.4. The SMILES string of the molecule is CCC[C@H]1NC(=O)[C@@H](CC(C)C)OC(=O)[C@H](C(C)C)OC(=O)[C@@H](C(C)C)NC(=O)[C@H](C)[C@@H](CCC)NC(=O)[C@H](C)[C@@H](CCC)NC(=O)[C@H](C)[C@@H](CCC)NC(=O)[C@@H]1C. The predicted octanol–water partition coefficient (Wildman–Crippen LogP) is 5.35. The molecule has 0 spiro atoms. The number of ether oxygens (including phenoxy) is 2. The van der Waals surface area contributed by atoms with Gasteiger partial charge < -0.3 is 36.1 Å². The van der Waals surface area contributed by atoms with Crippen molar-refractivity contribution >= 4 is 41.5 Å². The first-order valence-electron chi connectivity index (χ1n) is 22.1. The van der Waals surface area contributed by atoms with Crippen LogP contribution in [0.15, 0.2) is 0 Å². The lowest BCUT2D eigenvalue weighted by Gasteiger charge is -2.32. The molecule has 0 aromatic heterocycles. The Labute approximate surface area is 349 Å². The number of hydrogen-bond acceptors (Lipinski definition) is 9. The first-order chi connectivity index (χ1) is 27.1. The molecular formula is C44H79N5O9. The zero-order valence-electron chi connectivity index (χ0n) is 38.1. The van der Waals surface area contributed by atoms with Crippen LogP contribution in [0.5, 0.6) is 0 Å². The summed E-state index contributed by atoms with van der Waals surface area (Å²) in [7, 11) is 0. The van der Waals surface area contributed by atoms with E-state index in [1.807, 2.05) is 41.5 Å². The minimum atomic E-state index is -1.38.